The predicted octanol–water partition coefficient (Wildman–Crippen LogP) is 3.42. The fourth-order valence-corrected chi connectivity index (χ4v) is 1.30. The minimum absolute atomic E-state index is 0.158. The molecule has 0 aliphatic heterocycles. The van der Waals surface area contributed by atoms with Crippen molar-refractivity contribution in [3.05, 3.63) is 29.8 Å². The van der Waals surface area contributed by atoms with Crippen LogP contribution in [0.25, 0.3) is 0 Å². The molecule has 0 aromatic heterocycles. The molecule has 0 aliphatic carbocycles. The van der Waals surface area contributed by atoms with Crippen molar-refractivity contribution in [2.75, 3.05) is 13.2 Å². The van der Waals surface area contributed by atoms with Crippen molar-refractivity contribution in [3.63, 3.8) is 0 Å². The van der Waals surface area contributed by atoms with Crippen LogP contribution in [0.15, 0.2) is 24.3 Å². The number of carbonyl (C=O) groups is 2. The molecule has 1 aromatic carbocycles. The molecule has 8 heteroatoms. The maximum atomic E-state index is 12.5. The van der Waals surface area contributed by atoms with E-state index in [2.05, 4.69) is 9.47 Å². The summed E-state index contributed by atoms with van der Waals surface area (Å²) >= 11 is 0. The van der Waals surface area contributed by atoms with E-state index in [0.29, 0.717) is 6.07 Å². The van der Waals surface area contributed by atoms with Gasteiger partial charge < -0.3 is 14.2 Å². The van der Waals surface area contributed by atoms with Gasteiger partial charge in [-0.05, 0) is 18.2 Å². The van der Waals surface area contributed by atoms with Gasteiger partial charge in [-0.2, -0.15) is 13.2 Å². The standard InChI is InChI=1S/C14H15F3O5/c1-9(2)12(18)20-6-7-21-13(19)22-11-5-3-4-10(8-11)14(15,16)17/h3-5,8-9H,6-7H2,1-2H3. The van der Waals surface area contributed by atoms with Gasteiger partial charge in [0.1, 0.15) is 19.0 Å². The lowest BCUT2D eigenvalue weighted by atomic mass is 10.2. The van der Waals surface area contributed by atoms with Gasteiger partial charge in [-0.3, -0.25) is 4.79 Å². The molecule has 0 saturated carbocycles. The van der Waals surface area contributed by atoms with E-state index in [9.17, 15) is 22.8 Å². The average molecular weight is 320 g/mol. The molecule has 5 nitrogen and oxygen atoms in total. The number of rotatable bonds is 5. The molecule has 122 valence electrons. The normalized spacial score (nSPS) is 11.2. The van der Waals surface area contributed by atoms with Crippen molar-refractivity contribution in [2.24, 2.45) is 5.92 Å². The first kappa shape index (κ1) is 17.8. The SMILES string of the molecule is CC(C)C(=O)OCCOC(=O)Oc1cccc(C(F)(F)F)c1. The van der Waals surface area contributed by atoms with Gasteiger partial charge in [0.2, 0.25) is 0 Å². The van der Waals surface area contributed by atoms with Crippen LogP contribution in [0.1, 0.15) is 19.4 Å². The van der Waals surface area contributed by atoms with Crippen molar-refractivity contribution < 1.29 is 37.0 Å². The lowest BCUT2D eigenvalue weighted by Gasteiger charge is -2.10. The maximum absolute atomic E-state index is 12.5. The second-order valence-corrected chi connectivity index (χ2v) is 4.55. The minimum Gasteiger partial charge on any atom is -0.462 e. The lowest BCUT2D eigenvalue weighted by Crippen LogP contribution is -2.18. The Balaban J connectivity index is 2.41. The zero-order chi connectivity index (χ0) is 16.8. The Bertz CT molecular complexity index is 525. The highest BCUT2D eigenvalue weighted by Crippen LogP contribution is 2.31. The van der Waals surface area contributed by atoms with Crippen LogP contribution in [0.4, 0.5) is 18.0 Å². The van der Waals surface area contributed by atoms with Gasteiger partial charge in [0, 0.05) is 0 Å². The van der Waals surface area contributed by atoms with Gasteiger partial charge in [0.05, 0.1) is 11.5 Å². The number of hydrogen-bond donors (Lipinski definition) is 0. The second kappa shape index (κ2) is 7.67. The van der Waals surface area contributed by atoms with E-state index >= 15 is 0 Å². The Morgan fingerprint density at radius 2 is 1.77 bits per heavy atom. The average Bonchev–Trinajstić information content (AvgIpc) is 2.42. The third kappa shape index (κ3) is 6.02. The van der Waals surface area contributed by atoms with E-state index in [1.54, 1.807) is 13.8 Å². The highest BCUT2D eigenvalue weighted by molar-refractivity contribution is 5.71. The van der Waals surface area contributed by atoms with Gasteiger partial charge in [-0.15, -0.1) is 0 Å². The van der Waals surface area contributed by atoms with Crippen LogP contribution in [0, 0.1) is 5.92 Å². The quantitative estimate of drug-likeness (QED) is 0.472. The van der Waals surface area contributed by atoms with Crippen LogP contribution in [0.2, 0.25) is 0 Å². The molecule has 0 radical (unpaired) electrons. The first-order chi connectivity index (χ1) is 10.2. The molecule has 0 amide bonds. The zero-order valence-electron chi connectivity index (χ0n) is 12.0. The van der Waals surface area contributed by atoms with Crippen LogP contribution in [0.5, 0.6) is 5.75 Å². The molecule has 1 rings (SSSR count). The molecule has 0 N–H and O–H groups in total. The lowest BCUT2D eigenvalue weighted by molar-refractivity contribution is -0.148. The van der Waals surface area contributed by atoms with E-state index in [1.165, 1.54) is 6.07 Å². The molecule has 0 saturated heterocycles. The summed E-state index contributed by atoms with van der Waals surface area (Å²) in [5, 5.41) is 0. The van der Waals surface area contributed by atoms with E-state index in [1.807, 2.05) is 0 Å². The van der Waals surface area contributed by atoms with Crippen molar-refractivity contribution in [1.29, 1.82) is 0 Å². The summed E-state index contributed by atoms with van der Waals surface area (Å²) in [6.07, 6.45) is -5.71. The van der Waals surface area contributed by atoms with Gasteiger partial charge in [0.15, 0.2) is 0 Å². The molecule has 0 heterocycles. The number of esters is 1. The third-order valence-electron chi connectivity index (χ3n) is 2.38. The molecule has 1 aromatic rings. The van der Waals surface area contributed by atoms with Crippen LogP contribution < -0.4 is 4.74 Å². The summed E-state index contributed by atoms with van der Waals surface area (Å²) in [5.74, 6) is -1.05. The number of halogens is 3. The molecule has 0 unspecified atom stereocenters. The van der Waals surface area contributed by atoms with E-state index in [4.69, 9.17) is 4.74 Å². The summed E-state index contributed by atoms with van der Waals surface area (Å²) in [6, 6.07) is 3.83. The zero-order valence-corrected chi connectivity index (χ0v) is 12.0. The molecule has 0 fully saturated rings. The summed E-state index contributed by atoms with van der Waals surface area (Å²) in [5.41, 5.74) is -0.941. The molecular formula is C14H15F3O5. The highest BCUT2D eigenvalue weighted by atomic mass is 19.4. The number of ether oxygens (including phenoxy) is 3. The number of benzene rings is 1. The second-order valence-electron chi connectivity index (χ2n) is 4.55. The van der Waals surface area contributed by atoms with E-state index < -0.39 is 23.9 Å². The van der Waals surface area contributed by atoms with E-state index in [0.717, 1.165) is 12.1 Å². The van der Waals surface area contributed by atoms with Crippen molar-refractivity contribution in [1.82, 2.24) is 0 Å². The summed E-state index contributed by atoms with van der Waals surface area (Å²) in [6.45, 7) is 2.88. The van der Waals surface area contributed by atoms with Crippen molar-refractivity contribution >= 4 is 12.1 Å². The number of alkyl halides is 3. The van der Waals surface area contributed by atoms with Crippen LogP contribution in [0.3, 0.4) is 0 Å². The Morgan fingerprint density at radius 3 is 2.36 bits per heavy atom. The van der Waals surface area contributed by atoms with Crippen molar-refractivity contribution in [3.8, 4) is 5.75 Å². The summed E-state index contributed by atoms with van der Waals surface area (Å²) < 4.78 is 51.4. The molecule has 0 bridgehead atoms. The Morgan fingerprint density at radius 1 is 1.14 bits per heavy atom. The molecule has 22 heavy (non-hydrogen) atoms. The predicted molar refractivity (Wildman–Crippen MR) is 69.2 cm³/mol. The molecule has 0 aliphatic rings. The Kier molecular flexibility index (Phi) is 6.21. The minimum atomic E-state index is -4.53. The summed E-state index contributed by atoms with van der Waals surface area (Å²) in [4.78, 5) is 22.4. The third-order valence-corrected chi connectivity index (χ3v) is 2.38. The van der Waals surface area contributed by atoms with Crippen molar-refractivity contribution in [2.45, 2.75) is 20.0 Å². The van der Waals surface area contributed by atoms with Gasteiger partial charge in [-0.25, -0.2) is 4.79 Å². The first-order valence-electron chi connectivity index (χ1n) is 6.38. The Labute approximate surface area is 125 Å². The van der Waals surface area contributed by atoms with Crippen LogP contribution >= 0.6 is 0 Å². The Hall–Kier alpha value is -2.25. The monoisotopic (exact) mass is 320 g/mol. The first-order valence-corrected chi connectivity index (χ1v) is 6.38. The number of carbonyl (C=O) groups excluding carboxylic acids is 2. The fraction of sp³-hybridized carbons (Fsp3) is 0.429. The van der Waals surface area contributed by atoms with Gasteiger partial charge >= 0.3 is 18.3 Å². The van der Waals surface area contributed by atoms with Gasteiger partial charge in [-0.1, -0.05) is 19.9 Å². The fourth-order valence-electron chi connectivity index (χ4n) is 1.30. The van der Waals surface area contributed by atoms with Gasteiger partial charge in [0.25, 0.3) is 0 Å². The maximum Gasteiger partial charge on any atom is 0.513 e. The summed E-state index contributed by atoms with van der Waals surface area (Å²) in [7, 11) is 0. The van der Waals surface area contributed by atoms with Crippen LogP contribution in [-0.4, -0.2) is 25.3 Å². The topological polar surface area (TPSA) is 61.8 Å². The molecule has 0 atom stereocenters. The smallest absolute Gasteiger partial charge is 0.462 e. The number of hydrogen-bond acceptors (Lipinski definition) is 5. The molecular weight excluding hydrogens is 305 g/mol. The largest absolute Gasteiger partial charge is 0.513 e. The van der Waals surface area contributed by atoms with E-state index in [-0.39, 0.29) is 24.9 Å². The van der Waals surface area contributed by atoms with Crippen LogP contribution in [-0.2, 0) is 20.4 Å². The highest BCUT2D eigenvalue weighted by Gasteiger charge is 2.30. The molecule has 0 spiro atoms.